The van der Waals surface area contributed by atoms with Crippen molar-refractivity contribution < 1.29 is 4.74 Å². The molecule has 2 atom stereocenters. The molecule has 2 unspecified atom stereocenters. The lowest BCUT2D eigenvalue weighted by Gasteiger charge is -2.30. The molecular formula is C20H26O. The number of ether oxygens (including phenoxy) is 1. The van der Waals surface area contributed by atoms with Gasteiger partial charge < -0.3 is 4.74 Å². The highest BCUT2D eigenvalue weighted by atomic mass is 16.5. The van der Waals surface area contributed by atoms with E-state index in [1.165, 1.54) is 23.1 Å². The Hall–Kier alpha value is -1.50. The summed E-state index contributed by atoms with van der Waals surface area (Å²) < 4.78 is 6.36. The highest BCUT2D eigenvalue weighted by molar-refractivity contribution is 5.40. The van der Waals surface area contributed by atoms with Gasteiger partial charge in [0.15, 0.2) is 0 Å². The van der Waals surface area contributed by atoms with E-state index in [4.69, 9.17) is 4.74 Å². The third-order valence-corrected chi connectivity index (χ3v) is 4.70. The number of hydrogen-bond acceptors (Lipinski definition) is 1. The minimum atomic E-state index is 0.187. The van der Waals surface area contributed by atoms with E-state index in [0.29, 0.717) is 5.92 Å². The van der Waals surface area contributed by atoms with E-state index in [1.807, 2.05) is 0 Å². The zero-order valence-electron chi connectivity index (χ0n) is 13.6. The summed E-state index contributed by atoms with van der Waals surface area (Å²) in [6.07, 6.45) is 10.6. The Morgan fingerprint density at radius 2 is 2.05 bits per heavy atom. The van der Waals surface area contributed by atoms with Crippen LogP contribution in [0.25, 0.3) is 0 Å². The van der Waals surface area contributed by atoms with Gasteiger partial charge in [0.25, 0.3) is 0 Å². The quantitative estimate of drug-likeness (QED) is 0.696. The summed E-state index contributed by atoms with van der Waals surface area (Å²) in [4.78, 5) is 0. The van der Waals surface area contributed by atoms with Crippen molar-refractivity contribution in [2.75, 3.05) is 0 Å². The third-order valence-electron chi connectivity index (χ3n) is 4.70. The molecule has 0 saturated carbocycles. The van der Waals surface area contributed by atoms with E-state index in [0.717, 1.165) is 18.6 Å². The molecule has 1 aliphatic carbocycles. The van der Waals surface area contributed by atoms with Gasteiger partial charge in [-0.05, 0) is 53.5 Å². The van der Waals surface area contributed by atoms with Crippen molar-refractivity contribution in [1.29, 1.82) is 0 Å². The summed E-state index contributed by atoms with van der Waals surface area (Å²) in [7, 11) is 0. The zero-order valence-corrected chi connectivity index (χ0v) is 13.6. The van der Waals surface area contributed by atoms with Crippen LogP contribution in [-0.4, -0.2) is 6.10 Å². The first-order valence-corrected chi connectivity index (χ1v) is 8.16. The van der Waals surface area contributed by atoms with E-state index in [-0.39, 0.29) is 11.5 Å². The molecule has 0 radical (unpaired) electrons. The molecule has 0 bridgehead atoms. The molecule has 1 heterocycles. The van der Waals surface area contributed by atoms with Gasteiger partial charge in [-0.3, -0.25) is 0 Å². The molecule has 0 N–H and O–H groups in total. The lowest BCUT2D eigenvalue weighted by atomic mass is 9.79. The first-order chi connectivity index (χ1) is 9.97. The normalized spacial score (nSPS) is 24.5. The molecule has 0 spiro atoms. The molecule has 1 aromatic carbocycles. The van der Waals surface area contributed by atoms with Crippen molar-refractivity contribution in [1.82, 2.24) is 0 Å². The van der Waals surface area contributed by atoms with Gasteiger partial charge in [-0.15, -0.1) is 0 Å². The molecule has 0 amide bonds. The van der Waals surface area contributed by atoms with Crippen LogP contribution in [0.4, 0.5) is 0 Å². The van der Waals surface area contributed by atoms with Crippen molar-refractivity contribution in [3.8, 4) is 5.75 Å². The highest BCUT2D eigenvalue weighted by Gasteiger charge is 2.29. The Bertz CT molecular complexity index is 586. The number of aryl methyl sites for hydroxylation is 2. The van der Waals surface area contributed by atoms with Crippen LogP contribution in [0.5, 0.6) is 5.75 Å². The monoisotopic (exact) mass is 282 g/mol. The standard InChI is InChI=1S/C20H26O/c1-5-14-6-11-18-16(12-14)8-7-15-9-10-17(20(2,3)4)13-19(15)21-18/h6,9-13,15,19H,5,7-8H2,1-4H3. The van der Waals surface area contributed by atoms with E-state index >= 15 is 0 Å². The molecule has 1 aliphatic heterocycles. The molecule has 2 aliphatic rings. The minimum absolute atomic E-state index is 0.187. The number of fused-ring (bicyclic) bond motifs is 2. The van der Waals surface area contributed by atoms with Crippen LogP contribution in [-0.2, 0) is 12.8 Å². The summed E-state index contributed by atoms with van der Waals surface area (Å²) >= 11 is 0. The van der Waals surface area contributed by atoms with Crippen LogP contribution >= 0.6 is 0 Å². The number of rotatable bonds is 1. The first-order valence-electron chi connectivity index (χ1n) is 8.16. The topological polar surface area (TPSA) is 9.23 Å². The van der Waals surface area contributed by atoms with Gasteiger partial charge in [0.2, 0.25) is 0 Å². The maximum atomic E-state index is 6.36. The average molecular weight is 282 g/mol. The summed E-state index contributed by atoms with van der Waals surface area (Å²) in [6, 6.07) is 6.69. The predicted molar refractivity (Wildman–Crippen MR) is 88.7 cm³/mol. The summed E-state index contributed by atoms with van der Waals surface area (Å²) in [5, 5.41) is 0. The number of allylic oxidation sites excluding steroid dienone is 2. The van der Waals surface area contributed by atoms with E-state index in [9.17, 15) is 0 Å². The van der Waals surface area contributed by atoms with Crippen LogP contribution in [0.2, 0.25) is 0 Å². The molecule has 1 heteroatoms. The van der Waals surface area contributed by atoms with Crippen molar-refractivity contribution in [2.24, 2.45) is 11.3 Å². The van der Waals surface area contributed by atoms with Crippen molar-refractivity contribution in [3.63, 3.8) is 0 Å². The summed E-state index contributed by atoms with van der Waals surface area (Å²) in [5.41, 5.74) is 4.36. The molecule has 112 valence electrons. The van der Waals surface area contributed by atoms with Crippen molar-refractivity contribution in [2.45, 2.75) is 53.1 Å². The van der Waals surface area contributed by atoms with E-state index < -0.39 is 0 Å². The molecule has 21 heavy (non-hydrogen) atoms. The lowest BCUT2D eigenvalue weighted by Crippen LogP contribution is -2.27. The minimum Gasteiger partial charge on any atom is -0.485 e. The van der Waals surface area contributed by atoms with Crippen LogP contribution in [0.1, 0.15) is 45.2 Å². The largest absolute Gasteiger partial charge is 0.485 e. The SMILES string of the molecule is CCc1ccc2c(c1)CCC1C=CC(C(C)(C)C)=CC1O2. The molecule has 1 nitrogen and oxygen atoms in total. The third kappa shape index (κ3) is 2.92. The fourth-order valence-electron chi connectivity index (χ4n) is 3.21. The molecule has 0 aromatic heterocycles. The maximum Gasteiger partial charge on any atom is 0.124 e. The van der Waals surface area contributed by atoms with Crippen LogP contribution in [0.15, 0.2) is 42.0 Å². The van der Waals surface area contributed by atoms with Crippen molar-refractivity contribution in [3.05, 3.63) is 53.1 Å². The van der Waals surface area contributed by atoms with Gasteiger partial charge in [0.1, 0.15) is 11.9 Å². The van der Waals surface area contributed by atoms with Gasteiger partial charge in [0.05, 0.1) is 0 Å². The molecule has 0 fully saturated rings. The van der Waals surface area contributed by atoms with Crippen molar-refractivity contribution >= 4 is 0 Å². The average Bonchev–Trinajstić information content (AvgIpc) is 2.63. The van der Waals surface area contributed by atoms with Gasteiger partial charge >= 0.3 is 0 Å². The zero-order chi connectivity index (χ0) is 15.0. The first kappa shape index (κ1) is 14.4. The van der Waals surface area contributed by atoms with E-state index in [2.05, 4.69) is 64.1 Å². The second-order valence-corrected chi connectivity index (χ2v) is 7.31. The number of hydrogen-bond donors (Lipinski definition) is 0. The van der Waals surface area contributed by atoms with Crippen LogP contribution in [0, 0.1) is 11.3 Å². The summed E-state index contributed by atoms with van der Waals surface area (Å²) in [6.45, 7) is 9.01. The fraction of sp³-hybridized carbons (Fsp3) is 0.500. The Kier molecular flexibility index (Phi) is 3.69. The molecule has 3 rings (SSSR count). The smallest absolute Gasteiger partial charge is 0.124 e. The Morgan fingerprint density at radius 3 is 2.76 bits per heavy atom. The maximum absolute atomic E-state index is 6.36. The Morgan fingerprint density at radius 1 is 1.24 bits per heavy atom. The fourth-order valence-corrected chi connectivity index (χ4v) is 3.21. The van der Waals surface area contributed by atoms with Crippen LogP contribution in [0.3, 0.4) is 0 Å². The van der Waals surface area contributed by atoms with E-state index in [1.54, 1.807) is 0 Å². The molecular weight excluding hydrogens is 256 g/mol. The van der Waals surface area contributed by atoms with Gasteiger partial charge in [0, 0.05) is 5.92 Å². The molecule has 1 aromatic rings. The Labute approximate surface area is 128 Å². The Balaban J connectivity index is 1.91. The van der Waals surface area contributed by atoms with Gasteiger partial charge in [-0.25, -0.2) is 0 Å². The lowest BCUT2D eigenvalue weighted by molar-refractivity contribution is 0.202. The second-order valence-electron chi connectivity index (χ2n) is 7.31. The van der Waals surface area contributed by atoms with Gasteiger partial charge in [-0.2, -0.15) is 0 Å². The highest BCUT2D eigenvalue weighted by Crippen LogP contribution is 2.37. The summed E-state index contributed by atoms with van der Waals surface area (Å²) in [5.74, 6) is 1.59. The molecule has 0 saturated heterocycles. The van der Waals surface area contributed by atoms with Gasteiger partial charge in [-0.1, -0.05) is 52.0 Å². The number of benzene rings is 1. The predicted octanol–water partition coefficient (Wildman–Crippen LogP) is 5.10. The van der Waals surface area contributed by atoms with Crippen LogP contribution < -0.4 is 4.74 Å². The second kappa shape index (κ2) is 5.36.